The number of nitrogens with zero attached hydrogens (tertiary/aromatic N) is 1. The molecule has 1 aliphatic rings. The predicted molar refractivity (Wildman–Crippen MR) is 67.6 cm³/mol. The summed E-state index contributed by atoms with van der Waals surface area (Å²) in [6.07, 6.45) is 7.92. The Morgan fingerprint density at radius 2 is 2.47 bits per heavy atom. The quantitative estimate of drug-likeness (QED) is 0.850. The Labute approximate surface area is 95.9 Å². The van der Waals surface area contributed by atoms with Gasteiger partial charge in [0.2, 0.25) is 0 Å². The standard InChI is InChI=1S/C12H18N2S/c1-10-8-13-6-5-12(10)14-9-11-4-2-3-7-15-11/h5-6,8,11H,2-4,7,9H2,1H3,(H,13,14). The van der Waals surface area contributed by atoms with Crippen molar-refractivity contribution in [1.29, 1.82) is 0 Å². The van der Waals surface area contributed by atoms with Crippen molar-refractivity contribution in [2.75, 3.05) is 17.6 Å². The van der Waals surface area contributed by atoms with Crippen molar-refractivity contribution in [2.24, 2.45) is 0 Å². The molecule has 2 rings (SSSR count). The summed E-state index contributed by atoms with van der Waals surface area (Å²) in [4.78, 5) is 4.09. The summed E-state index contributed by atoms with van der Waals surface area (Å²) in [6, 6.07) is 2.06. The van der Waals surface area contributed by atoms with Gasteiger partial charge in [0.25, 0.3) is 0 Å². The smallest absolute Gasteiger partial charge is 0.0401 e. The van der Waals surface area contributed by atoms with Crippen molar-refractivity contribution in [2.45, 2.75) is 31.4 Å². The number of rotatable bonds is 3. The summed E-state index contributed by atoms with van der Waals surface area (Å²) in [5, 5.41) is 4.32. The maximum Gasteiger partial charge on any atom is 0.0401 e. The monoisotopic (exact) mass is 222 g/mol. The number of aromatic nitrogens is 1. The molecule has 0 aliphatic carbocycles. The predicted octanol–water partition coefficient (Wildman–Crippen LogP) is 3.09. The second-order valence-electron chi connectivity index (χ2n) is 4.06. The van der Waals surface area contributed by atoms with Gasteiger partial charge in [-0.1, -0.05) is 6.42 Å². The highest BCUT2D eigenvalue weighted by molar-refractivity contribution is 7.99. The Hall–Kier alpha value is -0.700. The van der Waals surface area contributed by atoms with Gasteiger partial charge in [0.1, 0.15) is 0 Å². The zero-order chi connectivity index (χ0) is 10.5. The fourth-order valence-corrected chi connectivity index (χ4v) is 3.10. The number of aryl methyl sites for hydroxylation is 1. The van der Waals surface area contributed by atoms with Crippen LogP contribution in [-0.4, -0.2) is 22.5 Å². The molecule has 1 unspecified atom stereocenters. The van der Waals surface area contributed by atoms with Crippen LogP contribution in [0.15, 0.2) is 18.5 Å². The van der Waals surface area contributed by atoms with Gasteiger partial charge in [-0.05, 0) is 37.1 Å². The molecule has 0 bridgehead atoms. The molecule has 0 amide bonds. The molecule has 0 radical (unpaired) electrons. The number of hydrogen-bond acceptors (Lipinski definition) is 3. The average Bonchev–Trinajstić information content (AvgIpc) is 2.29. The van der Waals surface area contributed by atoms with Crippen molar-refractivity contribution in [3.63, 3.8) is 0 Å². The van der Waals surface area contributed by atoms with Crippen molar-refractivity contribution in [3.05, 3.63) is 24.0 Å². The maximum absolute atomic E-state index is 4.09. The van der Waals surface area contributed by atoms with Crippen LogP contribution in [0.5, 0.6) is 0 Å². The van der Waals surface area contributed by atoms with Crippen molar-refractivity contribution < 1.29 is 0 Å². The first-order chi connectivity index (χ1) is 7.36. The molecule has 1 aromatic heterocycles. The molecule has 1 fully saturated rings. The first-order valence-electron chi connectivity index (χ1n) is 5.62. The van der Waals surface area contributed by atoms with E-state index in [1.54, 1.807) is 0 Å². The van der Waals surface area contributed by atoms with E-state index in [1.807, 2.05) is 12.4 Å². The fourth-order valence-electron chi connectivity index (χ4n) is 1.86. The molecule has 1 saturated heterocycles. The van der Waals surface area contributed by atoms with Crippen molar-refractivity contribution in [3.8, 4) is 0 Å². The van der Waals surface area contributed by atoms with Gasteiger partial charge in [0, 0.05) is 29.9 Å². The second kappa shape index (κ2) is 5.40. The number of pyridine rings is 1. The molecular formula is C12H18N2S. The molecule has 2 heterocycles. The topological polar surface area (TPSA) is 24.9 Å². The van der Waals surface area contributed by atoms with Crippen LogP contribution >= 0.6 is 11.8 Å². The van der Waals surface area contributed by atoms with Crippen LogP contribution in [-0.2, 0) is 0 Å². The SMILES string of the molecule is Cc1cnccc1NCC1CCCCS1. The van der Waals surface area contributed by atoms with Gasteiger partial charge in [-0.25, -0.2) is 0 Å². The minimum absolute atomic E-state index is 0.798. The number of thioether (sulfide) groups is 1. The Balaban J connectivity index is 1.84. The number of nitrogens with one attached hydrogen (secondary N) is 1. The molecule has 1 aliphatic heterocycles. The van der Waals surface area contributed by atoms with E-state index < -0.39 is 0 Å². The zero-order valence-electron chi connectivity index (χ0n) is 9.20. The van der Waals surface area contributed by atoms with E-state index >= 15 is 0 Å². The summed E-state index contributed by atoms with van der Waals surface area (Å²) in [5.74, 6) is 1.33. The van der Waals surface area contributed by atoms with Gasteiger partial charge in [-0.2, -0.15) is 11.8 Å². The highest BCUT2D eigenvalue weighted by atomic mass is 32.2. The van der Waals surface area contributed by atoms with E-state index in [9.17, 15) is 0 Å². The first kappa shape index (κ1) is 10.8. The lowest BCUT2D eigenvalue weighted by atomic mass is 10.2. The Bertz CT molecular complexity index is 308. The molecule has 0 saturated carbocycles. The van der Waals surface area contributed by atoms with E-state index in [1.165, 1.54) is 36.3 Å². The summed E-state index contributed by atoms with van der Waals surface area (Å²) < 4.78 is 0. The minimum atomic E-state index is 0.798. The lowest BCUT2D eigenvalue weighted by molar-refractivity contribution is 0.677. The van der Waals surface area contributed by atoms with Crippen molar-refractivity contribution >= 4 is 17.4 Å². The van der Waals surface area contributed by atoms with Gasteiger partial charge in [0.15, 0.2) is 0 Å². The van der Waals surface area contributed by atoms with Crippen LogP contribution in [0.2, 0.25) is 0 Å². The van der Waals surface area contributed by atoms with Gasteiger partial charge in [-0.3, -0.25) is 4.98 Å². The lowest BCUT2D eigenvalue weighted by Gasteiger charge is -2.22. The van der Waals surface area contributed by atoms with Crippen LogP contribution in [0, 0.1) is 6.92 Å². The molecule has 2 nitrogen and oxygen atoms in total. The molecule has 1 aromatic rings. The van der Waals surface area contributed by atoms with Gasteiger partial charge in [0.05, 0.1) is 0 Å². The zero-order valence-corrected chi connectivity index (χ0v) is 10.0. The molecule has 1 atom stereocenters. The van der Waals surface area contributed by atoms with Crippen molar-refractivity contribution in [1.82, 2.24) is 4.98 Å². The number of anilines is 1. The third-order valence-corrected chi connectivity index (χ3v) is 4.21. The van der Waals surface area contributed by atoms with E-state index in [0.717, 1.165) is 11.8 Å². The van der Waals surface area contributed by atoms with Gasteiger partial charge < -0.3 is 5.32 Å². The Kier molecular flexibility index (Phi) is 3.89. The van der Waals surface area contributed by atoms with E-state index in [4.69, 9.17) is 0 Å². The lowest BCUT2D eigenvalue weighted by Crippen LogP contribution is -2.20. The molecular weight excluding hydrogens is 204 g/mol. The minimum Gasteiger partial charge on any atom is -0.384 e. The summed E-state index contributed by atoms with van der Waals surface area (Å²) in [6.45, 7) is 3.19. The Morgan fingerprint density at radius 3 is 3.20 bits per heavy atom. The third kappa shape index (κ3) is 3.13. The van der Waals surface area contributed by atoms with Crippen LogP contribution < -0.4 is 5.32 Å². The molecule has 15 heavy (non-hydrogen) atoms. The van der Waals surface area contributed by atoms with Crippen LogP contribution in [0.25, 0.3) is 0 Å². The first-order valence-corrected chi connectivity index (χ1v) is 6.67. The second-order valence-corrected chi connectivity index (χ2v) is 5.47. The normalized spacial score (nSPS) is 21.3. The Morgan fingerprint density at radius 1 is 1.53 bits per heavy atom. The van der Waals surface area contributed by atoms with E-state index in [0.29, 0.717) is 0 Å². The molecule has 3 heteroatoms. The summed E-state index contributed by atoms with van der Waals surface area (Å²) in [7, 11) is 0. The maximum atomic E-state index is 4.09. The fraction of sp³-hybridized carbons (Fsp3) is 0.583. The van der Waals surface area contributed by atoms with E-state index in [-0.39, 0.29) is 0 Å². The third-order valence-electron chi connectivity index (χ3n) is 2.81. The molecule has 0 aromatic carbocycles. The van der Waals surface area contributed by atoms with Gasteiger partial charge in [-0.15, -0.1) is 0 Å². The van der Waals surface area contributed by atoms with Crippen LogP contribution in [0.1, 0.15) is 24.8 Å². The highest BCUT2D eigenvalue weighted by Gasteiger charge is 2.13. The summed E-state index contributed by atoms with van der Waals surface area (Å²) in [5.41, 5.74) is 2.47. The highest BCUT2D eigenvalue weighted by Crippen LogP contribution is 2.25. The average molecular weight is 222 g/mol. The molecule has 1 N–H and O–H groups in total. The molecule has 0 spiro atoms. The van der Waals surface area contributed by atoms with Gasteiger partial charge >= 0.3 is 0 Å². The number of hydrogen-bond donors (Lipinski definition) is 1. The summed E-state index contributed by atoms with van der Waals surface area (Å²) >= 11 is 2.11. The van der Waals surface area contributed by atoms with Crippen LogP contribution in [0.3, 0.4) is 0 Å². The van der Waals surface area contributed by atoms with Crippen LogP contribution in [0.4, 0.5) is 5.69 Å². The van der Waals surface area contributed by atoms with E-state index in [2.05, 4.69) is 35.1 Å². The molecule has 82 valence electrons. The largest absolute Gasteiger partial charge is 0.384 e.